The Morgan fingerprint density at radius 2 is 1.72 bits per heavy atom. The number of aryl methyl sites for hydroxylation is 1. The lowest BCUT2D eigenvalue weighted by molar-refractivity contribution is -0.129. The predicted molar refractivity (Wildman–Crippen MR) is 113 cm³/mol. The molecule has 0 atom stereocenters. The van der Waals surface area contributed by atoms with Crippen LogP contribution >= 0.6 is 0 Å². The van der Waals surface area contributed by atoms with Crippen molar-refractivity contribution in [2.45, 2.75) is 33.7 Å². The average Bonchev–Trinajstić information content (AvgIpc) is 3.04. The van der Waals surface area contributed by atoms with Crippen LogP contribution in [-0.4, -0.2) is 34.2 Å². The van der Waals surface area contributed by atoms with Crippen molar-refractivity contribution >= 4 is 5.91 Å². The summed E-state index contributed by atoms with van der Waals surface area (Å²) in [6, 6.07) is 17.3. The molecule has 0 aliphatic carbocycles. The van der Waals surface area contributed by atoms with Gasteiger partial charge in [0, 0.05) is 13.5 Å². The largest absolute Gasteiger partial charge is 0.493 e. The quantitative estimate of drug-likeness (QED) is 0.555. The van der Waals surface area contributed by atoms with E-state index in [0.717, 1.165) is 23.4 Å². The molecule has 6 nitrogen and oxygen atoms in total. The topological polar surface area (TPSA) is 56.6 Å². The second kappa shape index (κ2) is 9.28. The van der Waals surface area contributed by atoms with Crippen LogP contribution in [0.3, 0.4) is 0 Å². The van der Waals surface area contributed by atoms with E-state index in [4.69, 9.17) is 14.6 Å². The van der Waals surface area contributed by atoms with Gasteiger partial charge < -0.3 is 14.4 Å². The molecular formula is C23H27N3O3. The first-order valence-electron chi connectivity index (χ1n) is 9.75. The van der Waals surface area contributed by atoms with E-state index in [1.54, 1.807) is 18.7 Å². The molecule has 29 heavy (non-hydrogen) atoms. The summed E-state index contributed by atoms with van der Waals surface area (Å²) in [7, 11) is 1.61. The van der Waals surface area contributed by atoms with Crippen molar-refractivity contribution in [2.24, 2.45) is 0 Å². The molecule has 3 rings (SSSR count). The standard InChI is InChI=1S/C23H27N3O3/c1-5-15-25(18(3)27)16-20-17(2)24-26(19-11-7-6-8-12-19)23(20)29-22-14-10-9-13-21(22)28-4/h6-14H,5,15-16H2,1-4H3. The van der Waals surface area contributed by atoms with Gasteiger partial charge in [-0.05, 0) is 37.6 Å². The van der Waals surface area contributed by atoms with Gasteiger partial charge in [-0.2, -0.15) is 5.10 Å². The summed E-state index contributed by atoms with van der Waals surface area (Å²) < 4.78 is 13.6. The van der Waals surface area contributed by atoms with E-state index in [9.17, 15) is 4.79 Å². The Balaban J connectivity index is 2.10. The van der Waals surface area contributed by atoms with Gasteiger partial charge in [0.25, 0.3) is 0 Å². The second-order valence-electron chi connectivity index (χ2n) is 6.81. The molecule has 1 amide bonds. The maximum absolute atomic E-state index is 12.1. The van der Waals surface area contributed by atoms with Gasteiger partial charge in [-0.3, -0.25) is 4.79 Å². The zero-order chi connectivity index (χ0) is 20.8. The molecule has 2 aromatic carbocycles. The van der Waals surface area contributed by atoms with Gasteiger partial charge in [-0.1, -0.05) is 37.3 Å². The summed E-state index contributed by atoms with van der Waals surface area (Å²) in [5.74, 6) is 1.84. The molecule has 0 saturated heterocycles. The van der Waals surface area contributed by atoms with E-state index < -0.39 is 0 Å². The van der Waals surface area contributed by atoms with Gasteiger partial charge in [-0.25, -0.2) is 4.68 Å². The normalized spacial score (nSPS) is 10.6. The molecule has 0 saturated carbocycles. The Morgan fingerprint density at radius 3 is 2.34 bits per heavy atom. The number of hydrogen-bond donors (Lipinski definition) is 0. The van der Waals surface area contributed by atoms with Crippen LogP contribution in [0, 0.1) is 6.92 Å². The molecule has 0 spiro atoms. The van der Waals surface area contributed by atoms with Crippen LogP contribution in [0.4, 0.5) is 0 Å². The molecule has 1 heterocycles. The van der Waals surface area contributed by atoms with Crippen molar-refractivity contribution in [3.05, 3.63) is 65.9 Å². The molecule has 152 valence electrons. The number of methoxy groups -OCH3 is 1. The van der Waals surface area contributed by atoms with Gasteiger partial charge >= 0.3 is 0 Å². The zero-order valence-corrected chi connectivity index (χ0v) is 17.4. The molecule has 0 bridgehead atoms. The molecule has 1 aromatic heterocycles. The summed E-state index contributed by atoms with van der Waals surface area (Å²) in [6.07, 6.45) is 0.883. The van der Waals surface area contributed by atoms with Gasteiger partial charge in [0.2, 0.25) is 11.8 Å². The second-order valence-corrected chi connectivity index (χ2v) is 6.81. The smallest absolute Gasteiger partial charge is 0.228 e. The van der Waals surface area contributed by atoms with Gasteiger partial charge in [0.05, 0.1) is 30.6 Å². The minimum absolute atomic E-state index is 0.0296. The minimum Gasteiger partial charge on any atom is -0.493 e. The summed E-state index contributed by atoms with van der Waals surface area (Å²) in [5.41, 5.74) is 2.58. The van der Waals surface area contributed by atoms with Crippen molar-refractivity contribution < 1.29 is 14.3 Å². The first-order chi connectivity index (χ1) is 14.0. The summed E-state index contributed by atoms with van der Waals surface area (Å²) >= 11 is 0. The fraction of sp³-hybridized carbons (Fsp3) is 0.304. The Hall–Kier alpha value is -3.28. The third kappa shape index (κ3) is 4.59. The van der Waals surface area contributed by atoms with E-state index >= 15 is 0 Å². The lowest BCUT2D eigenvalue weighted by Crippen LogP contribution is -2.29. The molecular weight excluding hydrogens is 366 g/mol. The highest BCUT2D eigenvalue weighted by atomic mass is 16.5. The van der Waals surface area contributed by atoms with Crippen LogP contribution in [0.5, 0.6) is 17.4 Å². The molecule has 3 aromatic rings. The first-order valence-corrected chi connectivity index (χ1v) is 9.75. The van der Waals surface area contributed by atoms with Crippen molar-refractivity contribution in [1.82, 2.24) is 14.7 Å². The number of benzene rings is 2. The molecule has 0 radical (unpaired) electrons. The monoisotopic (exact) mass is 393 g/mol. The molecule has 6 heteroatoms. The van der Waals surface area contributed by atoms with E-state index in [1.165, 1.54) is 0 Å². The number of carbonyl (C=O) groups is 1. The first kappa shape index (κ1) is 20.5. The van der Waals surface area contributed by atoms with E-state index in [0.29, 0.717) is 30.5 Å². The van der Waals surface area contributed by atoms with Gasteiger partial charge in [0.15, 0.2) is 11.5 Å². The highest BCUT2D eigenvalue weighted by Crippen LogP contribution is 2.36. The Morgan fingerprint density at radius 1 is 1.07 bits per heavy atom. The van der Waals surface area contributed by atoms with Crippen molar-refractivity contribution in [1.29, 1.82) is 0 Å². The molecule has 0 fully saturated rings. The number of hydrogen-bond acceptors (Lipinski definition) is 4. The number of amides is 1. The molecule has 0 aliphatic heterocycles. The predicted octanol–water partition coefficient (Wildman–Crippen LogP) is 4.74. The summed E-state index contributed by atoms with van der Waals surface area (Å²) in [6.45, 7) is 6.70. The van der Waals surface area contributed by atoms with Crippen LogP contribution in [-0.2, 0) is 11.3 Å². The molecule has 0 unspecified atom stereocenters. The highest BCUT2D eigenvalue weighted by Gasteiger charge is 2.23. The van der Waals surface area contributed by atoms with Crippen molar-refractivity contribution in [2.75, 3.05) is 13.7 Å². The number of ether oxygens (including phenoxy) is 2. The van der Waals surface area contributed by atoms with Crippen LogP contribution in [0.25, 0.3) is 5.69 Å². The minimum atomic E-state index is 0.0296. The number of aromatic nitrogens is 2. The number of para-hydroxylation sites is 3. The van der Waals surface area contributed by atoms with E-state index in [1.807, 2.05) is 66.4 Å². The third-order valence-electron chi connectivity index (χ3n) is 4.70. The van der Waals surface area contributed by atoms with Gasteiger partial charge in [0.1, 0.15) is 0 Å². The Kier molecular flexibility index (Phi) is 6.54. The summed E-state index contributed by atoms with van der Waals surface area (Å²) in [4.78, 5) is 13.9. The van der Waals surface area contributed by atoms with E-state index in [2.05, 4.69) is 6.92 Å². The van der Waals surface area contributed by atoms with Gasteiger partial charge in [-0.15, -0.1) is 0 Å². The van der Waals surface area contributed by atoms with Crippen LogP contribution < -0.4 is 9.47 Å². The third-order valence-corrected chi connectivity index (χ3v) is 4.70. The van der Waals surface area contributed by atoms with Crippen LogP contribution in [0.2, 0.25) is 0 Å². The molecule has 0 N–H and O–H groups in total. The average molecular weight is 393 g/mol. The number of carbonyl (C=O) groups excluding carboxylic acids is 1. The van der Waals surface area contributed by atoms with Crippen molar-refractivity contribution in [3.63, 3.8) is 0 Å². The lowest BCUT2D eigenvalue weighted by atomic mass is 10.2. The molecule has 0 aliphatic rings. The van der Waals surface area contributed by atoms with Crippen molar-refractivity contribution in [3.8, 4) is 23.1 Å². The highest BCUT2D eigenvalue weighted by molar-refractivity contribution is 5.73. The number of nitrogens with zero attached hydrogens (tertiary/aromatic N) is 3. The van der Waals surface area contributed by atoms with E-state index in [-0.39, 0.29) is 5.91 Å². The number of rotatable bonds is 8. The fourth-order valence-corrected chi connectivity index (χ4v) is 3.19. The lowest BCUT2D eigenvalue weighted by Gasteiger charge is -2.21. The zero-order valence-electron chi connectivity index (χ0n) is 17.4. The maximum Gasteiger partial charge on any atom is 0.228 e. The fourth-order valence-electron chi connectivity index (χ4n) is 3.19. The summed E-state index contributed by atoms with van der Waals surface area (Å²) in [5, 5.41) is 4.72. The maximum atomic E-state index is 12.1. The van der Waals surface area contributed by atoms with Crippen LogP contribution in [0.1, 0.15) is 31.5 Å². The Labute approximate surface area is 171 Å². The van der Waals surface area contributed by atoms with Crippen LogP contribution in [0.15, 0.2) is 54.6 Å². The Bertz CT molecular complexity index is 967. The SMILES string of the molecule is CCCN(Cc1c(C)nn(-c2ccccc2)c1Oc1ccccc1OC)C(C)=O.